The van der Waals surface area contributed by atoms with Gasteiger partial charge in [-0.15, -0.1) is 0 Å². The van der Waals surface area contributed by atoms with Gasteiger partial charge in [-0.2, -0.15) is 4.98 Å². The standard InChI is InChI=1S/C23H21N5/c1-3-7-20(8-4-1)18-28(21-9-5-2-6-10-21)23-25-16-13-22(27-23)26-17-19-11-14-24-15-12-19/h1-16H,17-18H2,(H,25,26,27). The molecule has 1 N–H and O–H groups in total. The summed E-state index contributed by atoms with van der Waals surface area (Å²) in [6.45, 7) is 1.38. The van der Waals surface area contributed by atoms with E-state index in [0.29, 0.717) is 19.0 Å². The van der Waals surface area contributed by atoms with Gasteiger partial charge >= 0.3 is 0 Å². The van der Waals surface area contributed by atoms with Gasteiger partial charge in [0, 0.05) is 30.8 Å². The fraction of sp³-hybridized carbons (Fsp3) is 0.0870. The molecule has 0 amide bonds. The summed E-state index contributed by atoms with van der Waals surface area (Å²) >= 11 is 0. The predicted octanol–water partition coefficient (Wildman–Crippen LogP) is 4.82. The van der Waals surface area contributed by atoms with Gasteiger partial charge in [-0.25, -0.2) is 4.98 Å². The van der Waals surface area contributed by atoms with E-state index < -0.39 is 0 Å². The molecule has 0 fully saturated rings. The molecular formula is C23H21N5. The lowest BCUT2D eigenvalue weighted by molar-refractivity contribution is 0.909. The number of rotatable bonds is 7. The van der Waals surface area contributed by atoms with Crippen molar-refractivity contribution in [3.8, 4) is 0 Å². The van der Waals surface area contributed by atoms with Crippen LogP contribution in [0.2, 0.25) is 0 Å². The van der Waals surface area contributed by atoms with Gasteiger partial charge in [0.25, 0.3) is 0 Å². The zero-order valence-corrected chi connectivity index (χ0v) is 15.4. The normalized spacial score (nSPS) is 10.4. The van der Waals surface area contributed by atoms with Crippen LogP contribution in [0.25, 0.3) is 0 Å². The highest BCUT2D eigenvalue weighted by Crippen LogP contribution is 2.25. The topological polar surface area (TPSA) is 53.9 Å². The molecule has 0 radical (unpaired) electrons. The van der Waals surface area contributed by atoms with E-state index in [9.17, 15) is 0 Å². The molecule has 5 nitrogen and oxygen atoms in total. The number of nitrogens with one attached hydrogen (secondary N) is 1. The molecule has 0 unspecified atom stereocenters. The highest BCUT2D eigenvalue weighted by atomic mass is 15.3. The van der Waals surface area contributed by atoms with E-state index in [1.54, 1.807) is 18.6 Å². The molecule has 0 atom stereocenters. The minimum Gasteiger partial charge on any atom is -0.366 e. The molecule has 0 bridgehead atoms. The third kappa shape index (κ3) is 4.51. The summed E-state index contributed by atoms with van der Waals surface area (Å²) in [5.41, 5.74) is 3.40. The molecule has 138 valence electrons. The van der Waals surface area contributed by atoms with E-state index in [2.05, 4.69) is 44.5 Å². The average molecular weight is 367 g/mol. The van der Waals surface area contributed by atoms with Crippen LogP contribution in [0.4, 0.5) is 17.5 Å². The highest BCUT2D eigenvalue weighted by molar-refractivity contribution is 5.58. The molecule has 0 aliphatic rings. The molecule has 0 aliphatic heterocycles. The number of nitrogens with zero attached hydrogens (tertiary/aromatic N) is 4. The second-order valence-electron chi connectivity index (χ2n) is 6.36. The molecule has 28 heavy (non-hydrogen) atoms. The Bertz CT molecular complexity index is 991. The third-order valence-corrected chi connectivity index (χ3v) is 4.36. The van der Waals surface area contributed by atoms with Gasteiger partial charge in [0.15, 0.2) is 0 Å². The van der Waals surface area contributed by atoms with Crippen LogP contribution in [0.15, 0.2) is 97.5 Å². The Morgan fingerprint density at radius 2 is 1.43 bits per heavy atom. The van der Waals surface area contributed by atoms with Crippen LogP contribution >= 0.6 is 0 Å². The lowest BCUT2D eigenvalue weighted by Gasteiger charge is -2.23. The van der Waals surface area contributed by atoms with Crippen molar-refractivity contribution in [1.82, 2.24) is 15.0 Å². The van der Waals surface area contributed by atoms with Crippen LogP contribution in [0.1, 0.15) is 11.1 Å². The second-order valence-corrected chi connectivity index (χ2v) is 6.36. The molecule has 2 aromatic carbocycles. The van der Waals surface area contributed by atoms with Crippen molar-refractivity contribution in [1.29, 1.82) is 0 Å². The molecule has 2 aromatic heterocycles. The van der Waals surface area contributed by atoms with Gasteiger partial charge in [0.1, 0.15) is 5.82 Å². The first-order chi connectivity index (χ1) is 13.9. The van der Waals surface area contributed by atoms with Crippen LogP contribution in [-0.4, -0.2) is 15.0 Å². The number of hydrogen-bond donors (Lipinski definition) is 1. The van der Waals surface area contributed by atoms with Gasteiger partial charge in [0.05, 0.1) is 6.54 Å². The lowest BCUT2D eigenvalue weighted by Crippen LogP contribution is -2.19. The van der Waals surface area contributed by atoms with E-state index in [4.69, 9.17) is 4.98 Å². The summed E-state index contributed by atoms with van der Waals surface area (Å²) in [6.07, 6.45) is 5.37. The van der Waals surface area contributed by atoms with Crippen molar-refractivity contribution >= 4 is 17.5 Å². The maximum absolute atomic E-state index is 4.75. The van der Waals surface area contributed by atoms with Gasteiger partial charge in [0.2, 0.25) is 5.95 Å². The van der Waals surface area contributed by atoms with Crippen molar-refractivity contribution in [2.24, 2.45) is 0 Å². The number of anilines is 3. The molecular weight excluding hydrogens is 346 g/mol. The third-order valence-electron chi connectivity index (χ3n) is 4.36. The summed E-state index contributed by atoms with van der Waals surface area (Å²) in [4.78, 5) is 15.4. The van der Waals surface area contributed by atoms with E-state index in [-0.39, 0.29) is 0 Å². The van der Waals surface area contributed by atoms with E-state index in [1.807, 2.05) is 54.6 Å². The molecule has 5 heteroatoms. The van der Waals surface area contributed by atoms with Crippen molar-refractivity contribution in [3.63, 3.8) is 0 Å². The Morgan fingerprint density at radius 3 is 2.18 bits per heavy atom. The monoisotopic (exact) mass is 367 g/mol. The van der Waals surface area contributed by atoms with Gasteiger partial charge < -0.3 is 10.2 Å². The van der Waals surface area contributed by atoms with Crippen LogP contribution in [-0.2, 0) is 13.1 Å². The number of benzene rings is 2. The number of para-hydroxylation sites is 1. The lowest BCUT2D eigenvalue weighted by atomic mass is 10.2. The Balaban J connectivity index is 1.59. The van der Waals surface area contributed by atoms with Crippen LogP contribution < -0.4 is 10.2 Å². The Labute approximate surface area is 164 Å². The van der Waals surface area contributed by atoms with Crippen molar-refractivity contribution < 1.29 is 0 Å². The van der Waals surface area contributed by atoms with Crippen LogP contribution in [0, 0.1) is 0 Å². The zero-order valence-electron chi connectivity index (χ0n) is 15.4. The number of hydrogen-bond acceptors (Lipinski definition) is 5. The van der Waals surface area contributed by atoms with Crippen molar-refractivity contribution in [2.75, 3.05) is 10.2 Å². The molecule has 4 rings (SSSR count). The summed E-state index contributed by atoms with van der Waals surface area (Å²) < 4.78 is 0. The average Bonchev–Trinajstić information content (AvgIpc) is 2.78. The maximum atomic E-state index is 4.75. The Hall–Kier alpha value is -3.73. The smallest absolute Gasteiger partial charge is 0.232 e. The number of aromatic nitrogens is 3. The summed E-state index contributed by atoms with van der Waals surface area (Å²) in [5.74, 6) is 1.45. The maximum Gasteiger partial charge on any atom is 0.232 e. The molecule has 0 spiro atoms. The first-order valence-corrected chi connectivity index (χ1v) is 9.21. The molecule has 4 aromatic rings. The quantitative estimate of drug-likeness (QED) is 0.507. The summed E-state index contributed by atoms with van der Waals surface area (Å²) in [7, 11) is 0. The van der Waals surface area contributed by atoms with Crippen LogP contribution in [0.3, 0.4) is 0 Å². The highest BCUT2D eigenvalue weighted by Gasteiger charge is 2.13. The predicted molar refractivity (Wildman–Crippen MR) is 112 cm³/mol. The number of pyridine rings is 1. The van der Waals surface area contributed by atoms with E-state index >= 15 is 0 Å². The fourth-order valence-corrected chi connectivity index (χ4v) is 2.92. The Morgan fingerprint density at radius 1 is 0.714 bits per heavy atom. The van der Waals surface area contributed by atoms with Crippen LogP contribution in [0.5, 0.6) is 0 Å². The zero-order chi connectivity index (χ0) is 19.0. The van der Waals surface area contributed by atoms with Crippen molar-refractivity contribution in [3.05, 3.63) is 109 Å². The first-order valence-electron chi connectivity index (χ1n) is 9.21. The second kappa shape index (κ2) is 8.77. The largest absolute Gasteiger partial charge is 0.366 e. The first kappa shape index (κ1) is 17.7. The Kier molecular flexibility index (Phi) is 5.54. The van der Waals surface area contributed by atoms with Gasteiger partial charge in [-0.05, 0) is 41.5 Å². The summed E-state index contributed by atoms with van der Waals surface area (Å²) in [6, 6.07) is 26.4. The molecule has 2 heterocycles. The molecule has 0 aliphatic carbocycles. The minimum atomic E-state index is 0.662. The van der Waals surface area contributed by atoms with Gasteiger partial charge in [-0.3, -0.25) is 4.98 Å². The molecule has 0 saturated heterocycles. The van der Waals surface area contributed by atoms with Gasteiger partial charge in [-0.1, -0.05) is 48.5 Å². The summed E-state index contributed by atoms with van der Waals surface area (Å²) in [5, 5.41) is 3.37. The van der Waals surface area contributed by atoms with E-state index in [0.717, 1.165) is 17.1 Å². The fourth-order valence-electron chi connectivity index (χ4n) is 2.92. The SMILES string of the molecule is c1ccc(CN(c2ccccc2)c2nccc(NCc3ccncc3)n2)cc1. The van der Waals surface area contributed by atoms with E-state index in [1.165, 1.54) is 5.56 Å². The van der Waals surface area contributed by atoms with Crippen molar-refractivity contribution in [2.45, 2.75) is 13.1 Å². The minimum absolute atomic E-state index is 0.662. The molecule has 0 saturated carbocycles.